The molecule has 0 aliphatic carbocycles. The third-order valence-corrected chi connectivity index (χ3v) is 2.07. The third-order valence-electron chi connectivity index (χ3n) is 2.07. The number of carbonyl (C=O) groups is 1. The van der Waals surface area contributed by atoms with Crippen LogP contribution in [0.3, 0.4) is 0 Å². The molecule has 16 heavy (non-hydrogen) atoms. The molecule has 0 aromatic heterocycles. The highest BCUT2D eigenvalue weighted by Crippen LogP contribution is 2.02. The summed E-state index contributed by atoms with van der Waals surface area (Å²) in [5.74, 6) is -0.116. The van der Waals surface area contributed by atoms with Crippen molar-refractivity contribution in [3.05, 3.63) is 35.4 Å². The van der Waals surface area contributed by atoms with E-state index < -0.39 is 0 Å². The summed E-state index contributed by atoms with van der Waals surface area (Å²) in [7, 11) is 0. The average Bonchev–Trinajstić information content (AvgIpc) is 2.27. The van der Waals surface area contributed by atoms with E-state index in [0.717, 1.165) is 5.56 Å². The van der Waals surface area contributed by atoms with Crippen LogP contribution >= 0.6 is 0 Å². The predicted octanol–water partition coefficient (Wildman–Crippen LogP) is 0.587. The van der Waals surface area contributed by atoms with Crippen molar-refractivity contribution in [2.24, 2.45) is 5.73 Å². The Morgan fingerprint density at radius 2 is 2.31 bits per heavy atom. The first kappa shape index (κ1) is 12.7. The van der Waals surface area contributed by atoms with Gasteiger partial charge in [-0.15, -0.1) is 0 Å². The van der Waals surface area contributed by atoms with E-state index in [4.69, 9.17) is 10.5 Å². The van der Waals surface area contributed by atoms with Crippen LogP contribution in [0.25, 0.3) is 0 Å². The normalized spacial score (nSPS) is 10.1. The summed E-state index contributed by atoms with van der Waals surface area (Å²) in [6.07, 6.45) is 0. The van der Waals surface area contributed by atoms with E-state index in [1.807, 2.05) is 31.2 Å². The quantitative estimate of drug-likeness (QED) is 0.692. The number of carbonyl (C=O) groups excluding carboxylic acids is 1. The van der Waals surface area contributed by atoms with Crippen molar-refractivity contribution in [2.45, 2.75) is 13.5 Å². The summed E-state index contributed by atoms with van der Waals surface area (Å²) in [6.45, 7) is 3.48. The molecule has 88 valence electrons. The van der Waals surface area contributed by atoms with Gasteiger partial charge in [0.15, 0.2) is 0 Å². The average molecular weight is 222 g/mol. The van der Waals surface area contributed by atoms with Crippen LogP contribution in [0.1, 0.15) is 11.1 Å². The Morgan fingerprint density at radius 3 is 3.00 bits per heavy atom. The molecular weight excluding hydrogens is 204 g/mol. The molecule has 4 heteroatoms. The molecule has 1 amide bonds. The van der Waals surface area contributed by atoms with Crippen LogP contribution in [0.15, 0.2) is 24.3 Å². The van der Waals surface area contributed by atoms with E-state index in [-0.39, 0.29) is 12.5 Å². The van der Waals surface area contributed by atoms with Crippen LogP contribution in [-0.4, -0.2) is 25.7 Å². The molecule has 0 spiro atoms. The highest BCUT2D eigenvalue weighted by molar-refractivity contribution is 5.77. The van der Waals surface area contributed by atoms with E-state index >= 15 is 0 Å². The first-order valence-electron chi connectivity index (χ1n) is 5.32. The van der Waals surface area contributed by atoms with Gasteiger partial charge in [-0.1, -0.05) is 29.8 Å². The lowest BCUT2D eigenvalue weighted by atomic mass is 10.1. The van der Waals surface area contributed by atoms with Gasteiger partial charge in [-0.05, 0) is 12.5 Å². The molecule has 0 heterocycles. The first-order valence-corrected chi connectivity index (χ1v) is 5.32. The van der Waals surface area contributed by atoms with Crippen LogP contribution in [0.2, 0.25) is 0 Å². The van der Waals surface area contributed by atoms with Crippen molar-refractivity contribution < 1.29 is 9.53 Å². The molecule has 0 aliphatic heterocycles. The predicted molar refractivity (Wildman–Crippen MR) is 62.9 cm³/mol. The lowest BCUT2D eigenvalue weighted by Crippen LogP contribution is -2.28. The largest absolute Gasteiger partial charge is 0.370 e. The van der Waals surface area contributed by atoms with E-state index in [0.29, 0.717) is 19.7 Å². The molecule has 0 aliphatic rings. The second kappa shape index (κ2) is 6.98. The number of hydrogen-bond acceptors (Lipinski definition) is 3. The van der Waals surface area contributed by atoms with Gasteiger partial charge in [0, 0.05) is 13.1 Å². The number of amides is 1. The van der Waals surface area contributed by atoms with Gasteiger partial charge in [-0.3, -0.25) is 4.79 Å². The smallest absolute Gasteiger partial charge is 0.246 e. The van der Waals surface area contributed by atoms with Crippen LogP contribution in [-0.2, 0) is 16.1 Å². The number of nitrogens with two attached hydrogens (primary N) is 1. The molecule has 0 unspecified atom stereocenters. The lowest BCUT2D eigenvalue weighted by molar-refractivity contribution is -0.125. The molecule has 1 aromatic rings. The molecule has 0 radical (unpaired) electrons. The Kier molecular flexibility index (Phi) is 5.53. The highest BCUT2D eigenvalue weighted by Gasteiger charge is 2.00. The second-order valence-corrected chi connectivity index (χ2v) is 3.61. The molecule has 0 bridgehead atoms. The molecule has 4 nitrogen and oxygen atoms in total. The summed E-state index contributed by atoms with van der Waals surface area (Å²) >= 11 is 0. The summed E-state index contributed by atoms with van der Waals surface area (Å²) < 4.78 is 5.02. The molecule has 1 aromatic carbocycles. The maximum Gasteiger partial charge on any atom is 0.246 e. The number of benzene rings is 1. The van der Waals surface area contributed by atoms with Gasteiger partial charge in [0.05, 0.1) is 6.61 Å². The van der Waals surface area contributed by atoms with Crippen LogP contribution in [0, 0.1) is 6.92 Å². The highest BCUT2D eigenvalue weighted by atomic mass is 16.5. The zero-order valence-corrected chi connectivity index (χ0v) is 9.53. The SMILES string of the molecule is Cc1cccc(CNC(=O)COCCN)c1. The minimum Gasteiger partial charge on any atom is -0.370 e. The van der Waals surface area contributed by atoms with E-state index in [1.54, 1.807) is 0 Å². The zero-order valence-electron chi connectivity index (χ0n) is 9.53. The number of hydrogen-bond donors (Lipinski definition) is 2. The van der Waals surface area contributed by atoms with Crippen molar-refractivity contribution >= 4 is 5.91 Å². The van der Waals surface area contributed by atoms with Gasteiger partial charge < -0.3 is 15.8 Å². The van der Waals surface area contributed by atoms with Crippen molar-refractivity contribution in [1.82, 2.24) is 5.32 Å². The molecule has 3 N–H and O–H groups in total. The van der Waals surface area contributed by atoms with Crippen molar-refractivity contribution in [3.8, 4) is 0 Å². The number of ether oxygens (including phenoxy) is 1. The third kappa shape index (κ3) is 4.91. The molecule has 0 fully saturated rings. The fraction of sp³-hybridized carbons (Fsp3) is 0.417. The maximum absolute atomic E-state index is 11.3. The lowest BCUT2D eigenvalue weighted by Gasteiger charge is -2.06. The second-order valence-electron chi connectivity index (χ2n) is 3.61. The molecular formula is C12H18N2O2. The number of nitrogens with one attached hydrogen (secondary N) is 1. The van der Waals surface area contributed by atoms with Gasteiger partial charge >= 0.3 is 0 Å². The minimum atomic E-state index is -0.116. The summed E-state index contributed by atoms with van der Waals surface area (Å²) in [5.41, 5.74) is 7.52. The Bertz CT molecular complexity index is 340. The first-order chi connectivity index (χ1) is 7.72. The fourth-order valence-electron chi connectivity index (χ4n) is 1.32. The fourth-order valence-corrected chi connectivity index (χ4v) is 1.32. The zero-order chi connectivity index (χ0) is 11.8. The summed E-state index contributed by atoms with van der Waals surface area (Å²) in [4.78, 5) is 11.3. The molecule has 1 rings (SSSR count). The standard InChI is InChI=1S/C12H18N2O2/c1-10-3-2-4-11(7-10)8-14-12(15)9-16-6-5-13/h2-4,7H,5-6,8-9,13H2,1H3,(H,14,15). The molecule has 0 saturated carbocycles. The van der Waals surface area contributed by atoms with Crippen LogP contribution in [0.4, 0.5) is 0 Å². The summed E-state index contributed by atoms with van der Waals surface area (Å²) in [6, 6.07) is 8.02. The topological polar surface area (TPSA) is 64.3 Å². The van der Waals surface area contributed by atoms with E-state index in [9.17, 15) is 4.79 Å². The van der Waals surface area contributed by atoms with E-state index in [2.05, 4.69) is 5.32 Å². The van der Waals surface area contributed by atoms with Gasteiger partial charge in [0.25, 0.3) is 0 Å². The van der Waals surface area contributed by atoms with E-state index in [1.165, 1.54) is 5.56 Å². The monoisotopic (exact) mass is 222 g/mol. The number of rotatable bonds is 6. The summed E-state index contributed by atoms with van der Waals surface area (Å²) in [5, 5.41) is 2.78. The van der Waals surface area contributed by atoms with Gasteiger partial charge in [-0.25, -0.2) is 0 Å². The molecule has 0 saturated heterocycles. The Hall–Kier alpha value is -1.39. The minimum absolute atomic E-state index is 0.0724. The van der Waals surface area contributed by atoms with Crippen molar-refractivity contribution in [1.29, 1.82) is 0 Å². The Morgan fingerprint density at radius 1 is 1.50 bits per heavy atom. The van der Waals surface area contributed by atoms with Crippen molar-refractivity contribution in [2.75, 3.05) is 19.8 Å². The Labute approximate surface area is 95.8 Å². The van der Waals surface area contributed by atoms with Crippen LogP contribution < -0.4 is 11.1 Å². The van der Waals surface area contributed by atoms with Crippen molar-refractivity contribution in [3.63, 3.8) is 0 Å². The van der Waals surface area contributed by atoms with Crippen LogP contribution in [0.5, 0.6) is 0 Å². The molecule has 0 atom stereocenters. The van der Waals surface area contributed by atoms with Gasteiger partial charge in [0.2, 0.25) is 5.91 Å². The Balaban J connectivity index is 2.26. The number of aryl methyl sites for hydroxylation is 1. The maximum atomic E-state index is 11.3. The van der Waals surface area contributed by atoms with Gasteiger partial charge in [-0.2, -0.15) is 0 Å². The van der Waals surface area contributed by atoms with Gasteiger partial charge in [0.1, 0.15) is 6.61 Å².